The number of nitriles is 1. The van der Waals surface area contributed by atoms with Gasteiger partial charge in [-0.05, 0) is 20.3 Å². The van der Waals surface area contributed by atoms with Crippen LogP contribution in [0.1, 0.15) is 20.3 Å². The fourth-order valence-electron chi connectivity index (χ4n) is 1.28. The van der Waals surface area contributed by atoms with Gasteiger partial charge in [-0.3, -0.25) is 4.99 Å². The third kappa shape index (κ3) is 1.94. The van der Waals surface area contributed by atoms with Gasteiger partial charge >= 0.3 is 0 Å². The summed E-state index contributed by atoms with van der Waals surface area (Å²) < 4.78 is 0. The maximum absolute atomic E-state index is 8.45. The Balaban J connectivity index is 2.55. The summed E-state index contributed by atoms with van der Waals surface area (Å²) in [5, 5.41) is 8.45. The first kappa shape index (κ1) is 8.06. The quantitative estimate of drug-likeness (QED) is 0.525. The third-order valence-electron chi connectivity index (χ3n) is 1.97. The maximum atomic E-state index is 8.45. The molecule has 1 aliphatic rings. The summed E-state index contributed by atoms with van der Waals surface area (Å²) in [6, 6.07) is 2.99. The number of hydrogen-bond acceptors (Lipinski definition) is 3. The molecule has 3 nitrogen and oxygen atoms in total. The highest BCUT2D eigenvalue weighted by Crippen LogP contribution is 2.11. The molecule has 2 unspecified atom stereocenters. The Morgan fingerprint density at radius 3 is 3.00 bits per heavy atom. The van der Waals surface area contributed by atoms with Crippen molar-refractivity contribution in [1.29, 1.82) is 5.26 Å². The molecule has 0 bridgehead atoms. The zero-order chi connectivity index (χ0) is 8.27. The summed E-state index contributed by atoms with van der Waals surface area (Å²) in [7, 11) is 0. The maximum Gasteiger partial charge on any atom is 0.107 e. The summed E-state index contributed by atoms with van der Waals surface area (Å²) in [5.41, 5.74) is 0. The van der Waals surface area contributed by atoms with Gasteiger partial charge in [0, 0.05) is 6.04 Å². The molecule has 1 rings (SSSR count). The first-order valence-electron chi connectivity index (χ1n) is 3.90. The lowest BCUT2D eigenvalue weighted by Crippen LogP contribution is -2.37. The SMILES string of the molecule is CC1CC(C)N(CC#N)C=N1. The summed E-state index contributed by atoms with van der Waals surface area (Å²) in [4.78, 5) is 6.20. The second-order valence-electron chi connectivity index (χ2n) is 3.03. The Bertz CT molecular complexity index is 192. The van der Waals surface area contributed by atoms with Gasteiger partial charge < -0.3 is 4.90 Å². The minimum atomic E-state index is 0.417. The van der Waals surface area contributed by atoms with Crippen LogP contribution in [-0.4, -0.2) is 29.9 Å². The van der Waals surface area contributed by atoms with Crippen LogP contribution in [0.3, 0.4) is 0 Å². The van der Waals surface area contributed by atoms with Crippen LogP contribution >= 0.6 is 0 Å². The smallest absolute Gasteiger partial charge is 0.107 e. The van der Waals surface area contributed by atoms with Gasteiger partial charge in [0.25, 0.3) is 0 Å². The van der Waals surface area contributed by atoms with E-state index in [-0.39, 0.29) is 0 Å². The van der Waals surface area contributed by atoms with Crippen molar-refractivity contribution in [3.05, 3.63) is 0 Å². The summed E-state index contributed by atoms with van der Waals surface area (Å²) in [6.45, 7) is 4.67. The van der Waals surface area contributed by atoms with E-state index in [0.717, 1.165) is 6.42 Å². The van der Waals surface area contributed by atoms with E-state index in [9.17, 15) is 0 Å². The van der Waals surface area contributed by atoms with Crippen LogP contribution in [0.25, 0.3) is 0 Å². The Morgan fingerprint density at radius 1 is 1.73 bits per heavy atom. The number of rotatable bonds is 1. The van der Waals surface area contributed by atoms with E-state index in [0.29, 0.717) is 18.6 Å². The van der Waals surface area contributed by atoms with Crippen LogP contribution < -0.4 is 0 Å². The van der Waals surface area contributed by atoms with Gasteiger partial charge in [0.1, 0.15) is 6.54 Å². The highest BCUT2D eigenvalue weighted by atomic mass is 15.2. The van der Waals surface area contributed by atoms with Gasteiger partial charge in [-0.15, -0.1) is 0 Å². The molecule has 11 heavy (non-hydrogen) atoms. The molecule has 3 heteroatoms. The van der Waals surface area contributed by atoms with E-state index >= 15 is 0 Å². The molecular weight excluding hydrogens is 138 g/mol. The Hall–Kier alpha value is -1.04. The van der Waals surface area contributed by atoms with Gasteiger partial charge in [0.2, 0.25) is 0 Å². The normalized spacial score (nSPS) is 30.1. The monoisotopic (exact) mass is 151 g/mol. The lowest BCUT2D eigenvalue weighted by atomic mass is 10.1. The van der Waals surface area contributed by atoms with Crippen LogP contribution in [0.5, 0.6) is 0 Å². The fourth-order valence-corrected chi connectivity index (χ4v) is 1.28. The van der Waals surface area contributed by atoms with Gasteiger partial charge in [-0.2, -0.15) is 5.26 Å². The van der Waals surface area contributed by atoms with E-state index in [1.165, 1.54) is 0 Å². The van der Waals surface area contributed by atoms with Crippen molar-refractivity contribution < 1.29 is 0 Å². The molecule has 0 N–H and O–H groups in total. The summed E-state index contributed by atoms with van der Waals surface area (Å²) >= 11 is 0. The van der Waals surface area contributed by atoms with E-state index < -0.39 is 0 Å². The number of aliphatic imine (C=N–C) groups is 1. The standard InChI is InChI=1S/C8H13N3/c1-7-5-8(2)11(4-3-9)6-10-7/h6-8H,4-5H2,1-2H3. The molecule has 0 aromatic heterocycles. The molecule has 0 saturated carbocycles. The van der Waals surface area contributed by atoms with E-state index in [4.69, 9.17) is 5.26 Å². The summed E-state index contributed by atoms with van der Waals surface area (Å²) in [6.07, 6.45) is 2.85. The van der Waals surface area contributed by atoms with Crippen molar-refractivity contribution >= 4 is 6.34 Å². The van der Waals surface area contributed by atoms with Crippen LogP contribution in [0.15, 0.2) is 4.99 Å². The molecule has 0 saturated heterocycles. The Morgan fingerprint density at radius 2 is 2.45 bits per heavy atom. The van der Waals surface area contributed by atoms with Crippen molar-refractivity contribution in [1.82, 2.24) is 4.90 Å². The predicted octanol–water partition coefficient (Wildman–Crippen LogP) is 1.02. The number of nitrogens with zero attached hydrogens (tertiary/aromatic N) is 3. The van der Waals surface area contributed by atoms with Crippen LogP contribution in [0, 0.1) is 11.3 Å². The highest BCUT2D eigenvalue weighted by Gasteiger charge is 2.17. The molecule has 2 atom stereocenters. The van der Waals surface area contributed by atoms with Gasteiger partial charge in [0.05, 0.1) is 18.4 Å². The van der Waals surface area contributed by atoms with Gasteiger partial charge in [-0.25, -0.2) is 0 Å². The molecule has 1 heterocycles. The predicted molar refractivity (Wildman–Crippen MR) is 44.4 cm³/mol. The molecule has 60 valence electrons. The lowest BCUT2D eigenvalue weighted by molar-refractivity contribution is 0.316. The van der Waals surface area contributed by atoms with Crippen LogP contribution in [-0.2, 0) is 0 Å². The largest absolute Gasteiger partial charge is 0.347 e. The van der Waals surface area contributed by atoms with E-state index in [2.05, 4.69) is 24.9 Å². The first-order valence-corrected chi connectivity index (χ1v) is 3.90. The van der Waals surface area contributed by atoms with E-state index in [1.54, 1.807) is 6.34 Å². The summed E-state index contributed by atoms with van der Waals surface area (Å²) in [5.74, 6) is 0. The lowest BCUT2D eigenvalue weighted by Gasteiger charge is -2.30. The fraction of sp³-hybridized carbons (Fsp3) is 0.750. The zero-order valence-electron chi connectivity index (χ0n) is 6.99. The van der Waals surface area contributed by atoms with Crippen molar-refractivity contribution in [2.45, 2.75) is 32.4 Å². The average Bonchev–Trinajstić information content (AvgIpc) is 1.95. The van der Waals surface area contributed by atoms with Crippen molar-refractivity contribution in [3.63, 3.8) is 0 Å². The highest BCUT2D eigenvalue weighted by molar-refractivity contribution is 5.57. The zero-order valence-corrected chi connectivity index (χ0v) is 6.99. The van der Waals surface area contributed by atoms with Crippen molar-refractivity contribution in [3.8, 4) is 6.07 Å². The molecule has 0 spiro atoms. The minimum absolute atomic E-state index is 0.417. The molecule has 0 amide bonds. The van der Waals surface area contributed by atoms with E-state index in [1.807, 2.05) is 4.90 Å². The molecular formula is C8H13N3. The van der Waals surface area contributed by atoms with Crippen LogP contribution in [0.2, 0.25) is 0 Å². The molecule has 0 aromatic rings. The second-order valence-corrected chi connectivity index (χ2v) is 3.03. The average molecular weight is 151 g/mol. The molecule has 1 aliphatic heterocycles. The van der Waals surface area contributed by atoms with Gasteiger partial charge in [0.15, 0.2) is 0 Å². The topological polar surface area (TPSA) is 39.4 Å². The van der Waals surface area contributed by atoms with Gasteiger partial charge in [-0.1, -0.05) is 0 Å². The Kier molecular flexibility index (Phi) is 2.48. The Labute approximate surface area is 67.3 Å². The van der Waals surface area contributed by atoms with Crippen LogP contribution in [0.4, 0.5) is 0 Å². The molecule has 0 aliphatic carbocycles. The van der Waals surface area contributed by atoms with Crippen molar-refractivity contribution in [2.24, 2.45) is 4.99 Å². The second kappa shape index (κ2) is 3.38. The molecule has 0 fully saturated rings. The molecule has 0 radical (unpaired) electrons. The first-order chi connectivity index (χ1) is 5.24. The minimum Gasteiger partial charge on any atom is -0.347 e. The number of hydrogen-bond donors (Lipinski definition) is 0. The van der Waals surface area contributed by atoms with Crippen molar-refractivity contribution in [2.75, 3.05) is 6.54 Å². The molecule has 0 aromatic carbocycles. The third-order valence-corrected chi connectivity index (χ3v) is 1.97.